The molecule has 1 aliphatic rings. The third kappa shape index (κ3) is 2.32. The molecule has 0 fully saturated rings. The molecule has 0 bridgehead atoms. The van der Waals surface area contributed by atoms with Crippen molar-refractivity contribution in [3.05, 3.63) is 87.4 Å². The number of nitrogens with zero attached hydrogens (tertiary/aromatic N) is 3. The van der Waals surface area contributed by atoms with Gasteiger partial charge >= 0.3 is 0 Å². The summed E-state index contributed by atoms with van der Waals surface area (Å²) in [6.45, 7) is 0. The minimum Gasteiger partial charge on any atom is -0.438 e. The van der Waals surface area contributed by atoms with Crippen LogP contribution in [0.2, 0.25) is 0 Å². The Balaban J connectivity index is 2.00. The minimum atomic E-state index is -0.560. The summed E-state index contributed by atoms with van der Waals surface area (Å²) in [7, 11) is 0. The van der Waals surface area contributed by atoms with Gasteiger partial charge in [0.1, 0.15) is 17.2 Å². The average molecular weight is 344 g/mol. The van der Waals surface area contributed by atoms with Crippen LogP contribution in [0.15, 0.2) is 66.2 Å². The van der Waals surface area contributed by atoms with Gasteiger partial charge in [-0.1, -0.05) is 30.3 Å². The number of ether oxygens (including phenoxy) is 1. The van der Waals surface area contributed by atoms with Crippen molar-refractivity contribution >= 4 is 16.6 Å². The van der Waals surface area contributed by atoms with Crippen LogP contribution in [0.25, 0.3) is 10.9 Å². The molecule has 2 N–H and O–H groups in total. The highest BCUT2D eigenvalue weighted by atomic mass is 16.6. The molecular formula is C19H12N4O3. The van der Waals surface area contributed by atoms with E-state index in [4.69, 9.17) is 10.5 Å². The van der Waals surface area contributed by atoms with Crippen LogP contribution < -0.4 is 10.5 Å². The molecule has 0 unspecified atom stereocenters. The van der Waals surface area contributed by atoms with Gasteiger partial charge in [0.15, 0.2) is 5.75 Å². The number of benzene rings is 2. The normalized spacial score (nSPS) is 15.9. The number of allylic oxidation sites excluding steroid dienone is 1. The predicted octanol–water partition coefficient (Wildman–Crippen LogP) is 3.36. The lowest BCUT2D eigenvalue weighted by Crippen LogP contribution is -2.21. The molecule has 1 aromatic heterocycles. The highest BCUT2D eigenvalue weighted by Gasteiger charge is 2.32. The van der Waals surface area contributed by atoms with Gasteiger partial charge in [-0.3, -0.25) is 15.1 Å². The van der Waals surface area contributed by atoms with Crippen molar-refractivity contribution in [2.45, 2.75) is 5.92 Å². The maximum absolute atomic E-state index is 11.1. The molecule has 3 aromatic rings. The molecule has 1 aliphatic heterocycles. The predicted molar refractivity (Wildman–Crippen MR) is 94.1 cm³/mol. The Morgan fingerprint density at radius 1 is 1.23 bits per heavy atom. The van der Waals surface area contributed by atoms with Crippen LogP contribution in [-0.4, -0.2) is 9.91 Å². The second kappa shape index (κ2) is 5.86. The maximum atomic E-state index is 11.1. The van der Waals surface area contributed by atoms with Crippen LogP contribution >= 0.6 is 0 Å². The van der Waals surface area contributed by atoms with Gasteiger partial charge in [-0.15, -0.1) is 0 Å². The van der Waals surface area contributed by atoms with Gasteiger partial charge < -0.3 is 10.5 Å². The fourth-order valence-electron chi connectivity index (χ4n) is 3.21. The van der Waals surface area contributed by atoms with E-state index < -0.39 is 10.8 Å². The van der Waals surface area contributed by atoms with Crippen LogP contribution in [0.5, 0.6) is 5.75 Å². The number of nitriles is 1. The highest BCUT2D eigenvalue weighted by molar-refractivity contribution is 5.87. The van der Waals surface area contributed by atoms with Crippen LogP contribution in [0.1, 0.15) is 17.0 Å². The highest BCUT2D eigenvalue weighted by Crippen LogP contribution is 2.45. The Morgan fingerprint density at radius 2 is 2.08 bits per heavy atom. The SMILES string of the molecule is N#CC1=C(N)Oc2c(ccc3cccnc23)[C@H]1c1cccc([N+](=O)[O-])c1. The zero-order valence-electron chi connectivity index (χ0n) is 13.4. The summed E-state index contributed by atoms with van der Waals surface area (Å²) in [6.07, 6.45) is 1.65. The number of hydrogen-bond donors (Lipinski definition) is 1. The lowest BCUT2D eigenvalue weighted by Gasteiger charge is -2.27. The standard InChI is InChI=1S/C19H12N4O3/c20-10-15-16(12-3-1-5-13(9-12)23(24)25)14-7-6-11-4-2-8-22-17(11)18(14)26-19(15)21/h1-9,16H,21H2/t16-/m1/s1. The van der Waals surface area contributed by atoms with E-state index in [1.54, 1.807) is 18.3 Å². The van der Waals surface area contributed by atoms with Gasteiger partial charge in [-0.25, -0.2) is 0 Å². The molecule has 4 rings (SSSR count). The van der Waals surface area contributed by atoms with Crippen molar-refractivity contribution in [3.63, 3.8) is 0 Å². The molecule has 0 amide bonds. The summed E-state index contributed by atoms with van der Waals surface area (Å²) in [6, 6.07) is 15.7. The van der Waals surface area contributed by atoms with Crippen molar-refractivity contribution in [1.29, 1.82) is 5.26 Å². The van der Waals surface area contributed by atoms with E-state index in [0.29, 0.717) is 22.4 Å². The number of non-ortho nitro benzene ring substituents is 1. The van der Waals surface area contributed by atoms with Crippen molar-refractivity contribution in [2.24, 2.45) is 5.73 Å². The summed E-state index contributed by atoms with van der Waals surface area (Å²) in [5, 5.41) is 21.6. The fourth-order valence-corrected chi connectivity index (χ4v) is 3.21. The molecule has 26 heavy (non-hydrogen) atoms. The summed E-state index contributed by atoms with van der Waals surface area (Å²) >= 11 is 0. The Hall–Kier alpha value is -3.92. The molecule has 7 nitrogen and oxygen atoms in total. The zero-order valence-corrected chi connectivity index (χ0v) is 13.4. The second-order valence-corrected chi connectivity index (χ2v) is 5.84. The van der Waals surface area contributed by atoms with E-state index in [-0.39, 0.29) is 17.1 Å². The number of nitro benzene ring substituents is 1. The van der Waals surface area contributed by atoms with Crippen LogP contribution in [0.3, 0.4) is 0 Å². The molecule has 7 heteroatoms. The molecular weight excluding hydrogens is 332 g/mol. The summed E-state index contributed by atoms with van der Waals surface area (Å²) in [5.74, 6) is -0.110. The smallest absolute Gasteiger partial charge is 0.269 e. The van der Waals surface area contributed by atoms with Crippen LogP contribution in [0.4, 0.5) is 5.69 Å². The summed E-state index contributed by atoms with van der Waals surface area (Å²) < 4.78 is 5.72. The number of rotatable bonds is 2. The van der Waals surface area contributed by atoms with Gasteiger partial charge in [-0.05, 0) is 11.6 Å². The minimum absolute atomic E-state index is 0.0188. The third-order valence-electron chi connectivity index (χ3n) is 4.37. The van der Waals surface area contributed by atoms with Crippen molar-refractivity contribution in [3.8, 4) is 11.8 Å². The van der Waals surface area contributed by atoms with E-state index >= 15 is 0 Å². The topological polar surface area (TPSA) is 115 Å². The molecule has 0 spiro atoms. The van der Waals surface area contributed by atoms with E-state index in [0.717, 1.165) is 5.39 Å². The van der Waals surface area contributed by atoms with Crippen molar-refractivity contribution in [1.82, 2.24) is 4.98 Å². The van der Waals surface area contributed by atoms with Crippen LogP contribution in [0, 0.1) is 21.4 Å². The Kier molecular flexibility index (Phi) is 3.52. The molecule has 0 saturated carbocycles. The van der Waals surface area contributed by atoms with Gasteiger partial charge in [0.05, 0.1) is 10.8 Å². The van der Waals surface area contributed by atoms with E-state index in [9.17, 15) is 15.4 Å². The third-order valence-corrected chi connectivity index (χ3v) is 4.37. The van der Waals surface area contributed by atoms with Crippen molar-refractivity contribution in [2.75, 3.05) is 0 Å². The van der Waals surface area contributed by atoms with Gasteiger partial charge in [0.25, 0.3) is 5.69 Å². The quantitative estimate of drug-likeness (QED) is 0.563. The van der Waals surface area contributed by atoms with E-state index in [2.05, 4.69) is 11.1 Å². The molecule has 2 aromatic carbocycles. The zero-order chi connectivity index (χ0) is 18.3. The molecule has 1 atom stereocenters. The number of aromatic nitrogens is 1. The molecule has 2 heterocycles. The largest absolute Gasteiger partial charge is 0.438 e. The first kappa shape index (κ1) is 15.6. The average Bonchev–Trinajstić information content (AvgIpc) is 2.67. The molecule has 0 radical (unpaired) electrons. The number of fused-ring (bicyclic) bond motifs is 3. The number of nitro groups is 1. The number of hydrogen-bond acceptors (Lipinski definition) is 6. The Bertz CT molecular complexity index is 1130. The first-order valence-electron chi connectivity index (χ1n) is 7.79. The fraction of sp³-hybridized carbons (Fsp3) is 0.0526. The van der Waals surface area contributed by atoms with Gasteiger partial charge in [0.2, 0.25) is 5.88 Å². The summed E-state index contributed by atoms with van der Waals surface area (Å²) in [4.78, 5) is 15.0. The Labute approximate surface area is 148 Å². The lowest BCUT2D eigenvalue weighted by molar-refractivity contribution is -0.384. The van der Waals surface area contributed by atoms with E-state index in [1.165, 1.54) is 12.1 Å². The van der Waals surface area contributed by atoms with Crippen LogP contribution in [-0.2, 0) is 0 Å². The molecule has 126 valence electrons. The maximum Gasteiger partial charge on any atom is 0.269 e. The number of pyridine rings is 1. The molecule has 0 aliphatic carbocycles. The number of nitrogens with two attached hydrogens (primary N) is 1. The lowest BCUT2D eigenvalue weighted by atomic mass is 9.83. The van der Waals surface area contributed by atoms with E-state index in [1.807, 2.05) is 24.3 Å². The van der Waals surface area contributed by atoms with Gasteiger partial charge in [0, 0.05) is 29.3 Å². The monoisotopic (exact) mass is 344 g/mol. The van der Waals surface area contributed by atoms with Crippen molar-refractivity contribution < 1.29 is 9.66 Å². The molecule has 0 saturated heterocycles. The summed E-state index contributed by atoms with van der Waals surface area (Å²) in [5.41, 5.74) is 8.08. The van der Waals surface area contributed by atoms with Gasteiger partial charge in [-0.2, -0.15) is 5.26 Å². The first-order valence-corrected chi connectivity index (χ1v) is 7.79. The Morgan fingerprint density at radius 3 is 2.85 bits per heavy atom. The second-order valence-electron chi connectivity index (χ2n) is 5.84. The first-order chi connectivity index (χ1) is 12.6.